The molecule has 0 unspecified atom stereocenters. The van der Waals surface area contributed by atoms with E-state index in [2.05, 4.69) is 10.5 Å². The Bertz CT molecular complexity index is 766. The molecule has 2 heterocycles. The van der Waals surface area contributed by atoms with Gasteiger partial charge in [-0.1, -0.05) is 17.3 Å². The fraction of sp³-hybridized carbons (Fsp3) is 0.389. The van der Waals surface area contributed by atoms with Crippen molar-refractivity contribution in [1.82, 2.24) is 15.4 Å². The van der Waals surface area contributed by atoms with Crippen LogP contribution >= 0.6 is 0 Å². The van der Waals surface area contributed by atoms with Crippen LogP contribution in [-0.2, 0) is 0 Å². The molecule has 0 bridgehead atoms. The maximum absolute atomic E-state index is 13.7. The molecule has 25 heavy (non-hydrogen) atoms. The quantitative estimate of drug-likeness (QED) is 0.923. The number of likely N-dealkylation sites (tertiary alicyclic amines) is 1. The van der Waals surface area contributed by atoms with Crippen LogP contribution in [0.3, 0.4) is 0 Å². The summed E-state index contributed by atoms with van der Waals surface area (Å²) in [5.74, 6) is -0.202. The normalized spacial score (nSPS) is 15.2. The van der Waals surface area contributed by atoms with Crippen molar-refractivity contribution in [2.45, 2.75) is 19.8 Å². The van der Waals surface area contributed by atoms with Crippen LogP contribution < -0.4 is 5.32 Å². The lowest BCUT2D eigenvalue weighted by atomic mass is 9.96. The maximum Gasteiger partial charge on any atom is 0.256 e. The van der Waals surface area contributed by atoms with Crippen molar-refractivity contribution in [3.63, 3.8) is 0 Å². The predicted octanol–water partition coefficient (Wildman–Crippen LogP) is 2.40. The number of benzene rings is 1. The van der Waals surface area contributed by atoms with Crippen molar-refractivity contribution in [3.05, 3.63) is 53.2 Å². The van der Waals surface area contributed by atoms with Gasteiger partial charge < -0.3 is 14.7 Å². The highest BCUT2D eigenvalue weighted by atomic mass is 19.1. The van der Waals surface area contributed by atoms with Crippen molar-refractivity contribution in [2.75, 3.05) is 19.6 Å². The zero-order valence-electron chi connectivity index (χ0n) is 14.0. The fourth-order valence-electron chi connectivity index (χ4n) is 2.99. The third kappa shape index (κ3) is 3.87. The minimum absolute atomic E-state index is 0.109. The topological polar surface area (TPSA) is 75.4 Å². The van der Waals surface area contributed by atoms with Crippen molar-refractivity contribution >= 4 is 11.8 Å². The molecule has 6 nitrogen and oxygen atoms in total. The second-order valence-electron chi connectivity index (χ2n) is 6.22. The number of aromatic nitrogens is 1. The minimum atomic E-state index is -0.494. The first kappa shape index (κ1) is 17.1. The third-order valence-corrected chi connectivity index (χ3v) is 4.55. The van der Waals surface area contributed by atoms with Crippen LogP contribution in [0.4, 0.5) is 4.39 Å². The van der Waals surface area contributed by atoms with Crippen molar-refractivity contribution in [1.29, 1.82) is 0 Å². The second-order valence-corrected chi connectivity index (χ2v) is 6.22. The van der Waals surface area contributed by atoms with E-state index in [0.717, 1.165) is 12.8 Å². The molecule has 1 fully saturated rings. The number of hydrogen-bond acceptors (Lipinski definition) is 4. The molecule has 2 amide bonds. The van der Waals surface area contributed by atoms with Crippen LogP contribution in [0.1, 0.15) is 39.3 Å². The van der Waals surface area contributed by atoms with E-state index >= 15 is 0 Å². The second kappa shape index (κ2) is 7.46. The molecular formula is C18H20FN3O3. The van der Waals surface area contributed by atoms with Crippen LogP contribution in [0.15, 0.2) is 35.0 Å². The Labute approximate surface area is 145 Å². The van der Waals surface area contributed by atoms with Gasteiger partial charge in [0.2, 0.25) is 0 Å². The summed E-state index contributed by atoms with van der Waals surface area (Å²) >= 11 is 0. The van der Waals surface area contributed by atoms with E-state index in [1.54, 1.807) is 24.0 Å². The van der Waals surface area contributed by atoms with Gasteiger partial charge in [0.25, 0.3) is 11.8 Å². The molecule has 0 aliphatic carbocycles. The molecule has 1 aliphatic rings. The maximum atomic E-state index is 13.7. The van der Waals surface area contributed by atoms with Gasteiger partial charge in [-0.25, -0.2) is 4.39 Å². The van der Waals surface area contributed by atoms with E-state index in [9.17, 15) is 14.0 Å². The Morgan fingerprint density at radius 1 is 1.28 bits per heavy atom. The van der Waals surface area contributed by atoms with Crippen molar-refractivity contribution in [3.8, 4) is 0 Å². The van der Waals surface area contributed by atoms with Crippen LogP contribution in [0.5, 0.6) is 0 Å². The summed E-state index contributed by atoms with van der Waals surface area (Å²) in [5.41, 5.74) is 0.546. The number of nitrogens with zero attached hydrogens (tertiary/aromatic N) is 2. The third-order valence-electron chi connectivity index (χ3n) is 4.55. The highest BCUT2D eigenvalue weighted by Crippen LogP contribution is 2.20. The number of piperidine rings is 1. The summed E-state index contributed by atoms with van der Waals surface area (Å²) < 4.78 is 18.6. The standard InChI is InChI=1S/C18H20FN3O3/c1-12-15(11-21-25-12)17(23)20-10-13-6-8-22(9-7-13)18(24)14-4-2-3-5-16(14)19/h2-5,11,13H,6-10H2,1H3,(H,20,23). The van der Waals surface area contributed by atoms with Crippen LogP contribution in [0.2, 0.25) is 0 Å². The number of nitrogens with one attached hydrogen (secondary N) is 1. The summed E-state index contributed by atoms with van der Waals surface area (Å²) in [4.78, 5) is 26.1. The molecule has 0 radical (unpaired) electrons. The molecule has 2 aromatic rings. The molecule has 0 atom stereocenters. The first-order valence-electron chi connectivity index (χ1n) is 8.29. The van der Waals surface area contributed by atoms with E-state index in [1.165, 1.54) is 18.3 Å². The van der Waals surface area contributed by atoms with Gasteiger partial charge in [0, 0.05) is 19.6 Å². The summed E-state index contributed by atoms with van der Waals surface area (Å²) in [5, 5.41) is 6.47. The predicted molar refractivity (Wildman–Crippen MR) is 88.6 cm³/mol. The van der Waals surface area contributed by atoms with Gasteiger partial charge in [0.05, 0.1) is 11.8 Å². The van der Waals surface area contributed by atoms with Crippen LogP contribution in [0.25, 0.3) is 0 Å². The molecule has 1 aromatic carbocycles. The van der Waals surface area contributed by atoms with Crippen LogP contribution in [0, 0.1) is 18.7 Å². The van der Waals surface area contributed by atoms with Gasteiger partial charge in [0.1, 0.15) is 17.1 Å². The molecule has 0 spiro atoms. The van der Waals surface area contributed by atoms with E-state index in [1.807, 2.05) is 0 Å². The summed E-state index contributed by atoms with van der Waals surface area (Å²) in [6, 6.07) is 6.02. The Morgan fingerprint density at radius 2 is 2.00 bits per heavy atom. The summed E-state index contributed by atoms with van der Waals surface area (Å²) in [7, 11) is 0. The number of aryl methyl sites for hydroxylation is 1. The molecule has 1 aromatic heterocycles. The molecule has 0 saturated carbocycles. The molecule has 132 valence electrons. The van der Waals surface area contributed by atoms with E-state index in [4.69, 9.17) is 4.52 Å². The highest BCUT2D eigenvalue weighted by Gasteiger charge is 2.25. The van der Waals surface area contributed by atoms with E-state index in [0.29, 0.717) is 31.0 Å². The fourth-order valence-corrected chi connectivity index (χ4v) is 2.99. The lowest BCUT2D eigenvalue weighted by Crippen LogP contribution is -2.41. The lowest BCUT2D eigenvalue weighted by Gasteiger charge is -2.32. The van der Waals surface area contributed by atoms with E-state index < -0.39 is 5.82 Å². The molecule has 1 saturated heterocycles. The number of rotatable bonds is 4. The number of carbonyl (C=O) groups is 2. The molecule has 1 N–H and O–H groups in total. The largest absolute Gasteiger partial charge is 0.361 e. The molecule has 7 heteroatoms. The van der Waals surface area contributed by atoms with Crippen LogP contribution in [-0.4, -0.2) is 41.5 Å². The van der Waals surface area contributed by atoms with Crippen molar-refractivity contribution < 1.29 is 18.5 Å². The Balaban J connectivity index is 1.49. The van der Waals surface area contributed by atoms with Gasteiger partial charge in [-0.15, -0.1) is 0 Å². The summed E-state index contributed by atoms with van der Waals surface area (Å²) in [6.07, 6.45) is 2.94. The van der Waals surface area contributed by atoms with Crippen molar-refractivity contribution in [2.24, 2.45) is 5.92 Å². The van der Waals surface area contributed by atoms with E-state index in [-0.39, 0.29) is 23.3 Å². The average molecular weight is 345 g/mol. The molecule has 1 aliphatic heterocycles. The molecule has 3 rings (SSSR count). The SMILES string of the molecule is Cc1oncc1C(=O)NCC1CCN(C(=O)c2ccccc2F)CC1. The number of amides is 2. The highest BCUT2D eigenvalue weighted by molar-refractivity contribution is 5.95. The number of carbonyl (C=O) groups excluding carboxylic acids is 2. The summed E-state index contributed by atoms with van der Waals surface area (Å²) in [6.45, 7) is 3.33. The van der Waals surface area contributed by atoms with Gasteiger partial charge in [0.15, 0.2) is 0 Å². The number of halogens is 1. The number of hydrogen-bond donors (Lipinski definition) is 1. The zero-order valence-corrected chi connectivity index (χ0v) is 14.0. The average Bonchev–Trinajstić information content (AvgIpc) is 3.06. The molecular weight excluding hydrogens is 325 g/mol. The van der Waals surface area contributed by atoms with Gasteiger partial charge >= 0.3 is 0 Å². The zero-order chi connectivity index (χ0) is 17.8. The van der Waals surface area contributed by atoms with Gasteiger partial charge in [-0.05, 0) is 37.8 Å². The Kier molecular flexibility index (Phi) is 5.11. The smallest absolute Gasteiger partial charge is 0.256 e. The lowest BCUT2D eigenvalue weighted by molar-refractivity contribution is 0.0679. The monoisotopic (exact) mass is 345 g/mol. The van der Waals surface area contributed by atoms with Gasteiger partial charge in [-0.3, -0.25) is 9.59 Å². The Morgan fingerprint density at radius 3 is 2.64 bits per heavy atom. The first-order valence-corrected chi connectivity index (χ1v) is 8.29. The Hall–Kier alpha value is -2.70. The van der Waals surface area contributed by atoms with Gasteiger partial charge in [-0.2, -0.15) is 0 Å². The first-order chi connectivity index (χ1) is 12.1. The minimum Gasteiger partial charge on any atom is -0.361 e.